The van der Waals surface area contributed by atoms with E-state index in [0.717, 1.165) is 11.4 Å². The first-order valence-corrected chi connectivity index (χ1v) is 5.65. The molecule has 0 saturated heterocycles. The molecule has 0 atom stereocenters. The third-order valence-corrected chi connectivity index (χ3v) is 2.59. The van der Waals surface area contributed by atoms with Gasteiger partial charge in [0.15, 0.2) is 5.82 Å². The summed E-state index contributed by atoms with van der Waals surface area (Å²) in [5.41, 5.74) is 1.61. The molecule has 0 spiro atoms. The third kappa shape index (κ3) is 2.81. The summed E-state index contributed by atoms with van der Waals surface area (Å²) in [5, 5.41) is 3.01. The van der Waals surface area contributed by atoms with Crippen LogP contribution in [0.4, 0.5) is 15.9 Å². The molecule has 0 unspecified atom stereocenters. The van der Waals surface area contributed by atoms with Gasteiger partial charge in [-0.25, -0.2) is 9.37 Å². The van der Waals surface area contributed by atoms with E-state index >= 15 is 0 Å². The zero-order valence-corrected chi connectivity index (χ0v) is 10.4. The quantitative estimate of drug-likeness (QED) is 0.897. The zero-order chi connectivity index (χ0) is 13.0. The van der Waals surface area contributed by atoms with Crippen LogP contribution in [0.3, 0.4) is 0 Å². The van der Waals surface area contributed by atoms with Crippen LogP contribution in [-0.4, -0.2) is 24.1 Å². The second-order valence-corrected chi connectivity index (χ2v) is 3.94. The molecule has 4 nitrogen and oxygen atoms in total. The molecule has 0 fully saturated rings. The molecule has 18 heavy (non-hydrogen) atoms. The van der Waals surface area contributed by atoms with Crippen LogP contribution in [0, 0.1) is 5.82 Å². The predicted molar refractivity (Wildman–Crippen MR) is 69.3 cm³/mol. The first kappa shape index (κ1) is 12.4. The van der Waals surface area contributed by atoms with E-state index in [1.165, 1.54) is 12.1 Å². The zero-order valence-electron chi connectivity index (χ0n) is 10.4. The lowest BCUT2D eigenvalue weighted by molar-refractivity contribution is 0.628. The summed E-state index contributed by atoms with van der Waals surface area (Å²) in [6.45, 7) is 0.678. The average molecular weight is 246 g/mol. The highest BCUT2D eigenvalue weighted by Crippen LogP contribution is 2.21. The molecule has 0 radical (unpaired) electrons. The van der Waals surface area contributed by atoms with Gasteiger partial charge in [0.25, 0.3) is 0 Å². The SMILES string of the molecule is CNCc1cnc(N(C)c2cccc(F)c2)cn1. The van der Waals surface area contributed by atoms with Crippen LogP contribution in [0.1, 0.15) is 5.69 Å². The lowest BCUT2D eigenvalue weighted by Gasteiger charge is -2.17. The van der Waals surface area contributed by atoms with Gasteiger partial charge in [-0.05, 0) is 25.2 Å². The Morgan fingerprint density at radius 2 is 2.11 bits per heavy atom. The van der Waals surface area contributed by atoms with Crippen LogP contribution >= 0.6 is 0 Å². The Labute approximate surface area is 105 Å². The Kier molecular flexibility index (Phi) is 3.84. The van der Waals surface area contributed by atoms with E-state index in [4.69, 9.17) is 0 Å². The van der Waals surface area contributed by atoms with Gasteiger partial charge in [0.05, 0.1) is 18.1 Å². The number of nitrogens with zero attached hydrogens (tertiary/aromatic N) is 3. The standard InChI is InChI=1S/C13H15FN4/c1-15-7-11-8-17-13(9-16-11)18(2)12-5-3-4-10(14)6-12/h3-6,8-9,15H,7H2,1-2H3. The molecule has 0 aliphatic heterocycles. The fraction of sp³-hybridized carbons (Fsp3) is 0.231. The van der Waals surface area contributed by atoms with E-state index in [2.05, 4.69) is 15.3 Å². The van der Waals surface area contributed by atoms with Crippen LogP contribution in [0.25, 0.3) is 0 Å². The molecule has 0 aliphatic rings. The molecule has 0 bridgehead atoms. The Hall–Kier alpha value is -2.01. The lowest BCUT2D eigenvalue weighted by Crippen LogP contribution is -2.13. The maximum absolute atomic E-state index is 13.1. The molecular formula is C13H15FN4. The Morgan fingerprint density at radius 3 is 2.72 bits per heavy atom. The van der Waals surface area contributed by atoms with E-state index in [-0.39, 0.29) is 5.82 Å². The van der Waals surface area contributed by atoms with Crippen molar-refractivity contribution in [3.63, 3.8) is 0 Å². The van der Waals surface area contributed by atoms with Crippen molar-refractivity contribution in [3.05, 3.63) is 48.2 Å². The molecule has 1 heterocycles. The normalized spacial score (nSPS) is 10.4. The summed E-state index contributed by atoms with van der Waals surface area (Å²) in [4.78, 5) is 10.4. The fourth-order valence-electron chi connectivity index (χ4n) is 1.61. The van der Waals surface area contributed by atoms with Gasteiger partial charge in [0.1, 0.15) is 5.82 Å². The van der Waals surface area contributed by atoms with Crippen molar-refractivity contribution >= 4 is 11.5 Å². The summed E-state index contributed by atoms with van der Waals surface area (Å²) >= 11 is 0. The van der Waals surface area contributed by atoms with Crippen LogP contribution in [-0.2, 0) is 6.54 Å². The van der Waals surface area contributed by atoms with E-state index in [0.29, 0.717) is 12.4 Å². The monoisotopic (exact) mass is 246 g/mol. The highest BCUT2D eigenvalue weighted by Gasteiger charge is 2.06. The molecule has 0 amide bonds. The minimum atomic E-state index is -0.265. The van der Waals surface area contributed by atoms with Gasteiger partial charge in [0, 0.05) is 19.3 Å². The predicted octanol–water partition coefficient (Wildman–Crippen LogP) is 2.10. The summed E-state index contributed by atoms with van der Waals surface area (Å²) in [6, 6.07) is 6.37. The van der Waals surface area contributed by atoms with E-state index in [1.807, 2.05) is 20.2 Å². The largest absolute Gasteiger partial charge is 0.328 e. The molecule has 1 aromatic heterocycles. The van der Waals surface area contributed by atoms with Crippen molar-refractivity contribution < 1.29 is 4.39 Å². The number of anilines is 2. The molecule has 0 aliphatic carbocycles. The van der Waals surface area contributed by atoms with Crippen LogP contribution in [0.15, 0.2) is 36.7 Å². The van der Waals surface area contributed by atoms with Crippen molar-refractivity contribution in [2.45, 2.75) is 6.54 Å². The van der Waals surface area contributed by atoms with Crippen LogP contribution in [0.5, 0.6) is 0 Å². The van der Waals surface area contributed by atoms with Crippen LogP contribution < -0.4 is 10.2 Å². The molecule has 1 N–H and O–H groups in total. The van der Waals surface area contributed by atoms with Crippen molar-refractivity contribution in [1.29, 1.82) is 0 Å². The van der Waals surface area contributed by atoms with Crippen molar-refractivity contribution in [2.24, 2.45) is 0 Å². The van der Waals surface area contributed by atoms with Gasteiger partial charge in [-0.3, -0.25) is 4.98 Å². The highest BCUT2D eigenvalue weighted by molar-refractivity contribution is 5.58. The molecule has 2 rings (SSSR count). The van der Waals surface area contributed by atoms with E-state index in [9.17, 15) is 4.39 Å². The Morgan fingerprint density at radius 1 is 1.28 bits per heavy atom. The lowest BCUT2D eigenvalue weighted by atomic mass is 10.3. The average Bonchev–Trinajstić information content (AvgIpc) is 2.39. The second-order valence-electron chi connectivity index (χ2n) is 3.94. The Balaban J connectivity index is 2.20. The number of benzene rings is 1. The number of nitrogens with one attached hydrogen (secondary N) is 1. The number of hydrogen-bond acceptors (Lipinski definition) is 4. The van der Waals surface area contributed by atoms with Crippen LogP contribution in [0.2, 0.25) is 0 Å². The van der Waals surface area contributed by atoms with Crippen molar-refractivity contribution in [2.75, 3.05) is 19.0 Å². The molecule has 94 valence electrons. The minimum absolute atomic E-state index is 0.265. The summed E-state index contributed by atoms with van der Waals surface area (Å²) < 4.78 is 13.1. The minimum Gasteiger partial charge on any atom is -0.328 e. The van der Waals surface area contributed by atoms with Gasteiger partial charge in [0.2, 0.25) is 0 Å². The van der Waals surface area contributed by atoms with Gasteiger partial charge in [-0.15, -0.1) is 0 Å². The molecular weight excluding hydrogens is 231 g/mol. The van der Waals surface area contributed by atoms with Gasteiger partial charge in [-0.1, -0.05) is 6.07 Å². The smallest absolute Gasteiger partial charge is 0.151 e. The van der Waals surface area contributed by atoms with Gasteiger partial charge >= 0.3 is 0 Å². The van der Waals surface area contributed by atoms with Gasteiger partial charge < -0.3 is 10.2 Å². The Bertz CT molecular complexity index is 513. The van der Waals surface area contributed by atoms with E-state index < -0.39 is 0 Å². The summed E-state index contributed by atoms with van der Waals surface area (Å²) in [7, 11) is 3.69. The van der Waals surface area contributed by atoms with E-state index in [1.54, 1.807) is 23.4 Å². The third-order valence-electron chi connectivity index (χ3n) is 2.59. The summed E-state index contributed by atoms with van der Waals surface area (Å²) in [5.74, 6) is 0.416. The first-order chi connectivity index (χ1) is 8.70. The first-order valence-electron chi connectivity index (χ1n) is 5.65. The molecule has 2 aromatic rings. The van der Waals surface area contributed by atoms with Gasteiger partial charge in [-0.2, -0.15) is 0 Å². The maximum Gasteiger partial charge on any atom is 0.151 e. The second kappa shape index (κ2) is 5.55. The highest BCUT2D eigenvalue weighted by atomic mass is 19.1. The topological polar surface area (TPSA) is 41.1 Å². The number of halogens is 1. The maximum atomic E-state index is 13.1. The van der Waals surface area contributed by atoms with Crippen molar-refractivity contribution in [1.82, 2.24) is 15.3 Å². The number of aromatic nitrogens is 2. The fourth-order valence-corrected chi connectivity index (χ4v) is 1.61. The molecule has 5 heteroatoms. The molecule has 1 aromatic carbocycles. The number of rotatable bonds is 4. The number of hydrogen-bond donors (Lipinski definition) is 1. The summed E-state index contributed by atoms with van der Waals surface area (Å²) in [6.07, 6.45) is 3.39. The van der Waals surface area contributed by atoms with Crippen molar-refractivity contribution in [3.8, 4) is 0 Å². The molecule has 0 saturated carbocycles.